The number of nitrogens with zero attached hydrogens (tertiary/aromatic N) is 2. The van der Waals surface area contributed by atoms with Gasteiger partial charge in [-0.3, -0.25) is 5.01 Å². The van der Waals surface area contributed by atoms with E-state index >= 15 is 0 Å². The molecule has 0 amide bonds. The van der Waals surface area contributed by atoms with Crippen LogP contribution in [0.15, 0.2) is 34.3 Å². The first-order valence-corrected chi connectivity index (χ1v) is 12.4. The first-order valence-electron chi connectivity index (χ1n) is 11.5. The topological polar surface area (TPSA) is 24.8 Å². The summed E-state index contributed by atoms with van der Waals surface area (Å²) in [5, 5.41) is 7.77. The maximum Gasteiger partial charge on any atom is 2.00 e. The molecule has 1 heterocycles. The minimum absolute atomic E-state index is 0. The molecule has 3 fully saturated rings. The number of thioether (sulfide) groups is 1. The molecule has 0 bridgehead atoms. The van der Waals surface area contributed by atoms with Gasteiger partial charge in [-0.2, -0.15) is 5.10 Å². The number of methoxy groups -OCH3 is 1. The van der Waals surface area contributed by atoms with Crippen molar-refractivity contribution in [1.29, 1.82) is 0 Å². The smallest absolute Gasteiger partial charge is 0.382 e. The van der Waals surface area contributed by atoms with E-state index in [0.717, 1.165) is 19.6 Å². The summed E-state index contributed by atoms with van der Waals surface area (Å²) in [4.78, 5) is 1.30. The van der Waals surface area contributed by atoms with Gasteiger partial charge in [0, 0.05) is 24.5 Å². The van der Waals surface area contributed by atoms with E-state index in [1.807, 2.05) is 43.9 Å². The van der Waals surface area contributed by atoms with Crippen LogP contribution in [0.2, 0.25) is 0 Å². The van der Waals surface area contributed by atoms with Gasteiger partial charge in [0.25, 0.3) is 0 Å². The summed E-state index contributed by atoms with van der Waals surface area (Å²) in [6, 6.07) is 9.21. The number of rotatable bonds is 8. The van der Waals surface area contributed by atoms with Crippen molar-refractivity contribution >= 4 is 17.5 Å². The van der Waals surface area contributed by atoms with Crippen molar-refractivity contribution in [2.45, 2.75) is 49.8 Å². The molecule has 1 saturated heterocycles. The third kappa shape index (κ3) is 9.24. The average molecular weight is 505 g/mol. The van der Waals surface area contributed by atoms with Crippen molar-refractivity contribution in [1.82, 2.24) is 5.01 Å². The fourth-order valence-electron chi connectivity index (χ4n) is 3.87. The quantitative estimate of drug-likeness (QED) is 0.247. The summed E-state index contributed by atoms with van der Waals surface area (Å²) in [5.41, 5.74) is 2.48. The minimum atomic E-state index is 0. The molecule has 4 rings (SSSR count). The Bertz CT molecular complexity index is 676. The second kappa shape index (κ2) is 15.5. The average Bonchev–Trinajstić information content (AvgIpc) is 3.57. The summed E-state index contributed by atoms with van der Waals surface area (Å²) < 4.78 is 5.43. The van der Waals surface area contributed by atoms with Crippen LogP contribution < -0.4 is 0 Å². The van der Waals surface area contributed by atoms with Crippen LogP contribution in [0.5, 0.6) is 0 Å². The number of hydrazone groups is 1. The van der Waals surface area contributed by atoms with Gasteiger partial charge >= 0.3 is 17.1 Å². The van der Waals surface area contributed by atoms with Crippen molar-refractivity contribution in [2.24, 2.45) is 11.0 Å². The van der Waals surface area contributed by atoms with Crippen LogP contribution >= 0.6 is 11.8 Å². The zero-order chi connectivity index (χ0) is 22.8. The van der Waals surface area contributed by atoms with Gasteiger partial charge in [-0.15, -0.1) is 11.8 Å². The van der Waals surface area contributed by atoms with E-state index in [9.17, 15) is 0 Å². The number of ether oxygens (including phenoxy) is 1. The number of hydrogen-bond acceptors (Lipinski definition) is 4. The maximum absolute atomic E-state index is 5.43. The molecule has 3 nitrogen and oxygen atoms in total. The monoisotopic (exact) mass is 504 g/mol. The van der Waals surface area contributed by atoms with Gasteiger partial charge in [-0.1, -0.05) is 31.5 Å². The van der Waals surface area contributed by atoms with Gasteiger partial charge < -0.3 is 4.74 Å². The van der Waals surface area contributed by atoms with Crippen molar-refractivity contribution in [3.8, 4) is 0 Å². The SMILES string of the molecule is COC[C@@H]1CCCN1/N=C(/[C]1[CH][CH][CH][CH]1)[C@H](Sc1ccc(C)cc1)C(C)C.[CH]1[CH][CH][CH][CH]1.[Fe+2]. The van der Waals surface area contributed by atoms with Crippen LogP contribution in [0.3, 0.4) is 0 Å². The summed E-state index contributed by atoms with van der Waals surface area (Å²) in [5.74, 6) is 1.71. The second-order valence-electron chi connectivity index (χ2n) is 8.63. The Kier molecular flexibility index (Phi) is 13.5. The standard InChI is InChI=1S/C23H31N2OS.C5H5.Fe/c1-17(2)23(27-21-13-11-18(3)12-14-21)22(19-8-5-6-9-19)24-25-15-7-10-20(25)16-26-4;1-2-4-5-3-1;/h5-6,8-9,11-14,17,20,23H,7,10,15-16H2,1-4H3;1-5H;/q;;+2/b24-22-;;/t20-,23+;;/m0../s1. The molecule has 2 saturated carbocycles. The Morgan fingerprint density at radius 2 is 1.64 bits per heavy atom. The molecule has 0 N–H and O–H groups in total. The molecule has 0 unspecified atom stereocenters. The largest absolute Gasteiger partial charge is 2.00 e. The van der Waals surface area contributed by atoms with Gasteiger partial charge in [0.15, 0.2) is 0 Å². The van der Waals surface area contributed by atoms with Crippen LogP contribution in [0.25, 0.3) is 0 Å². The molecular weight excluding hydrogens is 468 g/mol. The molecule has 3 aliphatic rings. The first kappa shape index (κ1) is 28.8. The normalized spacial score (nSPS) is 22.3. The van der Waals surface area contributed by atoms with Crippen molar-refractivity contribution in [2.75, 3.05) is 20.3 Å². The molecule has 5 heteroatoms. The summed E-state index contributed by atoms with van der Waals surface area (Å²) >= 11 is 1.92. The van der Waals surface area contributed by atoms with Crippen LogP contribution in [0, 0.1) is 76.5 Å². The summed E-state index contributed by atoms with van der Waals surface area (Å²) in [6.07, 6.45) is 20.9. The van der Waals surface area contributed by atoms with E-state index in [-0.39, 0.29) is 17.1 Å². The van der Waals surface area contributed by atoms with Crippen molar-refractivity contribution < 1.29 is 21.8 Å². The zero-order valence-electron chi connectivity index (χ0n) is 20.1. The van der Waals surface area contributed by atoms with E-state index in [1.165, 1.54) is 28.5 Å². The van der Waals surface area contributed by atoms with E-state index < -0.39 is 0 Å². The Hall–Kier alpha value is -0.481. The van der Waals surface area contributed by atoms with Crippen LogP contribution in [-0.4, -0.2) is 42.3 Å². The maximum atomic E-state index is 5.43. The number of hydrogen-bond donors (Lipinski definition) is 0. The molecule has 1 aliphatic heterocycles. The predicted octanol–water partition coefficient (Wildman–Crippen LogP) is 6.00. The predicted molar refractivity (Wildman–Crippen MR) is 137 cm³/mol. The number of benzene rings is 1. The van der Waals surface area contributed by atoms with E-state index in [4.69, 9.17) is 9.84 Å². The fraction of sp³-hybridized carbons (Fsp3) is 0.393. The van der Waals surface area contributed by atoms with Gasteiger partial charge in [-0.05, 0) is 95.6 Å². The van der Waals surface area contributed by atoms with Crippen molar-refractivity contribution in [3.05, 3.63) is 93.5 Å². The van der Waals surface area contributed by atoms with Crippen LogP contribution in [0.1, 0.15) is 32.3 Å². The Balaban J connectivity index is 0.000000568. The molecule has 0 spiro atoms. The molecule has 10 radical (unpaired) electrons. The molecular formula is C28H36FeN2OS+2. The van der Waals surface area contributed by atoms with Gasteiger partial charge in [-0.25, -0.2) is 0 Å². The van der Waals surface area contributed by atoms with E-state index in [1.54, 1.807) is 7.11 Å². The Morgan fingerprint density at radius 1 is 1.03 bits per heavy atom. The molecule has 1 aromatic carbocycles. The molecule has 0 aromatic heterocycles. The van der Waals surface area contributed by atoms with E-state index in [0.29, 0.717) is 17.2 Å². The molecule has 2 aliphatic carbocycles. The second-order valence-corrected chi connectivity index (χ2v) is 9.85. The Morgan fingerprint density at radius 3 is 2.18 bits per heavy atom. The van der Waals surface area contributed by atoms with Crippen LogP contribution in [-0.2, 0) is 21.8 Å². The molecule has 33 heavy (non-hydrogen) atoms. The summed E-state index contributed by atoms with van der Waals surface area (Å²) in [6.45, 7) is 8.48. The molecule has 1 aromatic rings. The van der Waals surface area contributed by atoms with Gasteiger partial charge in [0.1, 0.15) is 0 Å². The van der Waals surface area contributed by atoms with Crippen molar-refractivity contribution in [3.63, 3.8) is 0 Å². The minimum Gasteiger partial charge on any atom is -0.382 e. The van der Waals surface area contributed by atoms with Crippen LogP contribution in [0.4, 0.5) is 0 Å². The third-order valence-electron chi connectivity index (χ3n) is 5.61. The first-order chi connectivity index (χ1) is 15.6. The zero-order valence-corrected chi connectivity index (χ0v) is 22.1. The molecule has 2 atom stereocenters. The third-order valence-corrected chi connectivity index (χ3v) is 7.18. The molecule has 176 valence electrons. The number of aryl methyl sites for hydroxylation is 1. The van der Waals surface area contributed by atoms with Gasteiger partial charge in [0.05, 0.1) is 23.6 Å². The van der Waals surface area contributed by atoms with Gasteiger partial charge in [0.2, 0.25) is 0 Å². The Labute approximate surface area is 218 Å². The summed E-state index contributed by atoms with van der Waals surface area (Å²) in [7, 11) is 1.78. The van der Waals surface area contributed by atoms with E-state index in [2.05, 4.69) is 75.7 Å². The fourth-order valence-corrected chi connectivity index (χ4v) is 5.02.